The predicted octanol–water partition coefficient (Wildman–Crippen LogP) is 5.87. The summed E-state index contributed by atoms with van der Waals surface area (Å²) in [6, 6.07) is 5.77. The molecule has 15 nitrogen and oxygen atoms in total. The standard InChI is InChI=1S/C39H58O15/c1-12-29-22(7)31(47-23(8)40)35(49-25(10)42)38(51-29)53-33-30(13-2)52-37(36(50-26(11)43)34(33)48-24(9)41)45-18-15-19-46-39(44)54-32-27(20(3)4)16-14-17-28(32)21(5)6/h14,16-17,20-22,29-31,33-38H,12-13,15,18-19H2,1-11H3/t22-,29-,30-,31+,33?,34+,35-,36-,37-,38-/m1/s1. The Morgan fingerprint density at radius 3 is 1.63 bits per heavy atom. The number of hydrogen-bond donors (Lipinski definition) is 0. The van der Waals surface area contributed by atoms with Crippen molar-refractivity contribution in [1.29, 1.82) is 0 Å². The number of benzene rings is 1. The number of ether oxygens (including phenoxy) is 10. The Balaban J connectivity index is 1.79. The van der Waals surface area contributed by atoms with Gasteiger partial charge in [0.05, 0.1) is 25.4 Å². The Labute approximate surface area is 317 Å². The average Bonchev–Trinajstić information content (AvgIpc) is 3.08. The van der Waals surface area contributed by atoms with E-state index >= 15 is 0 Å². The molecule has 2 aliphatic heterocycles. The normalized spacial score (nSPS) is 28.2. The lowest BCUT2D eigenvalue weighted by atomic mass is 9.88. The van der Waals surface area contributed by atoms with Gasteiger partial charge in [0.2, 0.25) is 0 Å². The van der Waals surface area contributed by atoms with E-state index in [-0.39, 0.29) is 37.4 Å². The van der Waals surface area contributed by atoms with Crippen molar-refractivity contribution >= 4 is 30.0 Å². The summed E-state index contributed by atoms with van der Waals surface area (Å²) in [6.45, 7) is 18.3. The van der Waals surface area contributed by atoms with E-state index in [9.17, 15) is 24.0 Å². The van der Waals surface area contributed by atoms with E-state index in [1.165, 1.54) is 27.7 Å². The topological polar surface area (TPSA) is 178 Å². The van der Waals surface area contributed by atoms with Crippen LogP contribution < -0.4 is 4.74 Å². The third-order valence-electron chi connectivity index (χ3n) is 9.20. The number of hydrogen-bond acceptors (Lipinski definition) is 15. The highest BCUT2D eigenvalue weighted by Gasteiger charge is 2.55. The van der Waals surface area contributed by atoms with Crippen LogP contribution in [0.4, 0.5) is 4.79 Å². The maximum Gasteiger partial charge on any atom is 0.513 e. The molecule has 0 aromatic heterocycles. The van der Waals surface area contributed by atoms with Crippen LogP contribution in [0.15, 0.2) is 18.2 Å². The summed E-state index contributed by atoms with van der Waals surface area (Å²) in [4.78, 5) is 62.0. The van der Waals surface area contributed by atoms with Crippen molar-refractivity contribution < 1.29 is 71.3 Å². The Morgan fingerprint density at radius 1 is 0.648 bits per heavy atom. The van der Waals surface area contributed by atoms with Gasteiger partial charge in [0.25, 0.3) is 0 Å². The second-order valence-corrected chi connectivity index (χ2v) is 14.2. The van der Waals surface area contributed by atoms with Crippen LogP contribution in [-0.4, -0.2) is 98.6 Å². The average molecular weight is 767 g/mol. The number of para-hydroxylation sites is 1. The first-order valence-corrected chi connectivity index (χ1v) is 18.7. The van der Waals surface area contributed by atoms with Crippen LogP contribution in [-0.2, 0) is 61.8 Å². The Kier molecular flexibility index (Phi) is 17.2. The van der Waals surface area contributed by atoms with Gasteiger partial charge >= 0.3 is 30.0 Å². The molecule has 2 heterocycles. The third kappa shape index (κ3) is 12.1. The highest BCUT2D eigenvalue weighted by Crippen LogP contribution is 2.38. The quantitative estimate of drug-likeness (QED) is 0.0843. The van der Waals surface area contributed by atoms with Crippen LogP contribution >= 0.6 is 0 Å². The van der Waals surface area contributed by atoms with Crippen molar-refractivity contribution in [2.75, 3.05) is 13.2 Å². The molecule has 304 valence electrons. The zero-order chi connectivity index (χ0) is 40.3. The lowest BCUT2D eigenvalue weighted by Gasteiger charge is -2.49. The number of rotatable bonds is 16. The SMILES string of the molecule is CC[C@H]1O[C@@H](OCCCOC(=O)Oc2c(C(C)C)cccc2C(C)C)[C@H](OC(C)=O)[C@@H](OC(C)=O)C1O[C@H]1O[C@H](CC)[C@@H](C)[C@H](OC(C)=O)[C@H]1OC(C)=O. The number of carbonyl (C=O) groups is 5. The predicted molar refractivity (Wildman–Crippen MR) is 191 cm³/mol. The van der Waals surface area contributed by atoms with Crippen LogP contribution in [0.3, 0.4) is 0 Å². The van der Waals surface area contributed by atoms with Gasteiger partial charge < -0.3 is 47.4 Å². The molecule has 2 fully saturated rings. The van der Waals surface area contributed by atoms with Crippen molar-refractivity contribution in [2.45, 2.75) is 163 Å². The van der Waals surface area contributed by atoms with Crippen molar-refractivity contribution in [2.24, 2.45) is 5.92 Å². The fraction of sp³-hybridized carbons (Fsp3) is 0.718. The van der Waals surface area contributed by atoms with E-state index in [1.807, 2.05) is 59.7 Å². The first-order valence-electron chi connectivity index (χ1n) is 18.7. The Hall–Kier alpha value is -3.79. The zero-order valence-corrected chi connectivity index (χ0v) is 33.3. The van der Waals surface area contributed by atoms with Crippen molar-refractivity contribution in [1.82, 2.24) is 0 Å². The minimum absolute atomic E-state index is 0.00924. The van der Waals surface area contributed by atoms with Gasteiger partial charge in [-0.25, -0.2) is 4.79 Å². The largest absolute Gasteiger partial charge is 0.513 e. The van der Waals surface area contributed by atoms with Crippen molar-refractivity contribution in [3.05, 3.63) is 29.3 Å². The van der Waals surface area contributed by atoms with Crippen LogP contribution in [0, 0.1) is 5.92 Å². The third-order valence-corrected chi connectivity index (χ3v) is 9.20. The second kappa shape index (κ2) is 20.8. The smallest absolute Gasteiger partial charge is 0.458 e. The zero-order valence-electron chi connectivity index (χ0n) is 33.3. The van der Waals surface area contributed by atoms with Gasteiger partial charge in [-0.3, -0.25) is 19.2 Å². The molecule has 2 aliphatic rings. The van der Waals surface area contributed by atoms with Gasteiger partial charge in [-0.05, 0) is 35.8 Å². The summed E-state index contributed by atoms with van der Waals surface area (Å²) >= 11 is 0. The second-order valence-electron chi connectivity index (χ2n) is 14.2. The minimum Gasteiger partial charge on any atom is -0.458 e. The van der Waals surface area contributed by atoms with E-state index in [0.29, 0.717) is 18.6 Å². The molecule has 0 radical (unpaired) electrons. The maximum absolute atomic E-state index is 12.7. The summed E-state index contributed by atoms with van der Waals surface area (Å²) in [5.74, 6) is -2.31. The molecule has 15 heteroatoms. The molecule has 0 amide bonds. The van der Waals surface area contributed by atoms with Gasteiger partial charge in [-0.2, -0.15) is 0 Å². The summed E-state index contributed by atoms with van der Waals surface area (Å²) in [6.07, 6.45) is -9.45. The van der Waals surface area contributed by atoms with E-state index in [1.54, 1.807) is 6.92 Å². The van der Waals surface area contributed by atoms with Crippen LogP contribution in [0.25, 0.3) is 0 Å². The molecule has 2 saturated heterocycles. The summed E-state index contributed by atoms with van der Waals surface area (Å²) < 4.78 is 58.7. The van der Waals surface area contributed by atoms with Gasteiger partial charge in [0, 0.05) is 40.0 Å². The van der Waals surface area contributed by atoms with Crippen molar-refractivity contribution in [3.8, 4) is 5.75 Å². The lowest BCUT2D eigenvalue weighted by Crippen LogP contribution is -2.64. The molecular weight excluding hydrogens is 708 g/mol. The lowest BCUT2D eigenvalue weighted by molar-refractivity contribution is -0.353. The van der Waals surface area contributed by atoms with Crippen LogP contribution in [0.2, 0.25) is 0 Å². The molecule has 0 spiro atoms. The van der Waals surface area contributed by atoms with Crippen molar-refractivity contribution in [3.63, 3.8) is 0 Å². The van der Waals surface area contributed by atoms with Gasteiger partial charge in [-0.15, -0.1) is 0 Å². The maximum atomic E-state index is 12.7. The number of carbonyl (C=O) groups excluding carboxylic acids is 5. The van der Waals surface area contributed by atoms with Crippen LogP contribution in [0.5, 0.6) is 5.75 Å². The molecule has 1 aromatic carbocycles. The fourth-order valence-corrected chi connectivity index (χ4v) is 6.73. The first kappa shape index (κ1) is 44.6. The van der Waals surface area contributed by atoms with E-state index < -0.39 is 85.3 Å². The summed E-state index contributed by atoms with van der Waals surface area (Å²) in [5, 5.41) is 0. The first-order chi connectivity index (χ1) is 25.5. The monoisotopic (exact) mass is 766 g/mol. The molecule has 0 bridgehead atoms. The molecule has 3 rings (SSSR count). The molecular formula is C39H58O15. The molecule has 0 N–H and O–H groups in total. The molecule has 0 saturated carbocycles. The molecule has 0 aliphatic carbocycles. The van der Waals surface area contributed by atoms with E-state index in [4.69, 9.17) is 47.4 Å². The molecule has 1 unspecified atom stereocenters. The van der Waals surface area contributed by atoms with Gasteiger partial charge in [0.1, 0.15) is 18.0 Å². The Morgan fingerprint density at radius 2 is 1.13 bits per heavy atom. The molecule has 54 heavy (non-hydrogen) atoms. The van der Waals surface area contributed by atoms with Gasteiger partial charge in [-0.1, -0.05) is 66.7 Å². The summed E-state index contributed by atoms with van der Waals surface area (Å²) in [5.41, 5.74) is 1.78. The Bertz CT molecular complexity index is 1400. The highest BCUT2D eigenvalue weighted by molar-refractivity contribution is 5.68. The van der Waals surface area contributed by atoms with Gasteiger partial charge in [0.15, 0.2) is 30.9 Å². The molecule has 1 aromatic rings. The van der Waals surface area contributed by atoms with E-state index in [0.717, 1.165) is 11.1 Å². The van der Waals surface area contributed by atoms with E-state index in [2.05, 4.69) is 0 Å². The molecule has 10 atom stereocenters. The number of esters is 4. The summed E-state index contributed by atoms with van der Waals surface area (Å²) in [7, 11) is 0. The minimum atomic E-state index is -1.31. The van der Waals surface area contributed by atoms with Crippen LogP contribution in [0.1, 0.15) is 118 Å². The fourth-order valence-electron chi connectivity index (χ4n) is 6.73. The highest BCUT2D eigenvalue weighted by atomic mass is 16.8.